The summed E-state index contributed by atoms with van der Waals surface area (Å²) in [4.78, 5) is 23.7. The average molecular weight is 359 g/mol. The molecule has 0 spiro atoms. The second-order valence-electron chi connectivity index (χ2n) is 6.18. The van der Waals surface area contributed by atoms with Gasteiger partial charge in [0.05, 0.1) is 5.71 Å². The molecule has 5 nitrogen and oxygen atoms in total. The topological polar surface area (TPSA) is 70.6 Å². The SMILES string of the molecule is CCC(=O)Nc1ccc(C(=O)N/N=C(/C)c2ccc3ccccc3c2)cc1. The van der Waals surface area contributed by atoms with Gasteiger partial charge in [-0.05, 0) is 53.6 Å². The molecule has 2 N–H and O–H groups in total. The minimum Gasteiger partial charge on any atom is -0.326 e. The molecular formula is C22H21N3O2. The predicted octanol–water partition coefficient (Wildman–Crippen LogP) is 4.34. The second kappa shape index (κ2) is 8.27. The Morgan fingerprint density at radius 2 is 1.56 bits per heavy atom. The van der Waals surface area contributed by atoms with Crippen molar-refractivity contribution in [3.05, 3.63) is 77.9 Å². The fourth-order valence-electron chi connectivity index (χ4n) is 2.63. The van der Waals surface area contributed by atoms with Crippen molar-refractivity contribution in [1.29, 1.82) is 0 Å². The fourth-order valence-corrected chi connectivity index (χ4v) is 2.63. The van der Waals surface area contributed by atoms with Crippen LogP contribution in [-0.4, -0.2) is 17.5 Å². The molecule has 5 heteroatoms. The van der Waals surface area contributed by atoms with E-state index in [9.17, 15) is 9.59 Å². The van der Waals surface area contributed by atoms with Crippen LogP contribution < -0.4 is 10.7 Å². The van der Waals surface area contributed by atoms with Crippen molar-refractivity contribution in [3.63, 3.8) is 0 Å². The molecule has 0 atom stereocenters. The molecule has 2 amide bonds. The Bertz CT molecular complexity index is 1010. The third-order valence-electron chi connectivity index (χ3n) is 4.24. The number of benzene rings is 3. The van der Waals surface area contributed by atoms with Gasteiger partial charge in [0.1, 0.15) is 0 Å². The van der Waals surface area contributed by atoms with Crippen LogP contribution in [0.5, 0.6) is 0 Å². The van der Waals surface area contributed by atoms with Crippen LogP contribution in [0.3, 0.4) is 0 Å². The number of rotatable bonds is 5. The Labute approximate surface area is 158 Å². The molecule has 3 aromatic carbocycles. The molecule has 27 heavy (non-hydrogen) atoms. The Balaban J connectivity index is 1.68. The first kappa shape index (κ1) is 18.3. The molecule has 3 rings (SSSR count). The number of hydrogen-bond donors (Lipinski definition) is 2. The molecule has 0 saturated heterocycles. The summed E-state index contributed by atoms with van der Waals surface area (Å²) in [7, 11) is 0. The Kier molecular flexibility index (Phi) is 5.61. The van der Waals surface area contributed by atoms with Crippen molar-refractivity contribution in [2.24, 2.45) is 5.10 Å². The van der Waals surface area contributed by atoms with Gasteiger partial charge in [-0.3, -0.25) is 9.59 Å². The number of nitrogens with one attached hydrogen (secondary N) is 2. The molecule has 0 fully saturated rings. The number of amides is 2. The van der Waals surface area contributed by atoms with Crippen molar-refractivity contribution in [1.82, 2.24) is 5.43 Å². The molecule has 0 saturated carbocycles. The van der Waals surface area contributed by atoms with Gasteiger partial charge >= 0.3 is 0 Å². The molecule has 0 aliphatic rings. The molecule has 0 bridgehead atoms. The predicted molar refractivity (Wildman–Crippen MR) is 109 cm³/mol. The van der Waals surface area contributed by atoms with E-state index in [0.29, 0.717) is 17.7 Å². The lowest BCUT2D eigenvalue weighted by molar-refractivity contribution is -0.115. The Hall–Kier alpha value is -3.47. The normalized spacial score (nSPS) is 11.3. The monoisotopic (exact) mass is 359 g/mol. The number of hydrogen-bond acceptors (Lipinski definition) is 3. The minimum atomic E-state index is -0.302. The number of fused-ring (bicyclic) bond motifs is 1. The van der Waals surface area contributed by atoms with Gasteiger partial charge in [-0.15, -0.1) is 0 Å². The van der Waals surface area contributed by atoms with Gasteiger partial charge in [-0.25, -0.2) is 5.43 Å². The van der Waals surface area contributed by atoms with Crippen LogP contribution in [0.1, 0.15) is 36.2 Å². The number of hydrazone groups is 1. The molecule has 0 radical (unpaired) electrons. The van der Waals surface area contributed by atoms with Crippen LogP contribution in [0.2, 0.25) is 0 Å². The van der Waals surface area contributed by atoms with Gasteiger partial charge in [0, 0.05) is 17.7 Å². The van der Waals surface area contributed by atoms with Crippen molar-refractivity contribution >= 4 is 34.0 Å². The quantitative estimate of drug-likeness (QED) is 0.525. The number of carbonyl (C=O) groups excluding carboxylic acids is 2. The molecule has 0 unspecified atom stereocenters. The maximum absolute atomic E-state index is 12.3. The van der Waals surface area contributed by atoms with Crippen molar-refractivity contribution in [2.75, 3.05) is 5.32 Å². The van der Waals surface area contributed by atoms with Gasteiger partial charge in [-0.2, -0.15) is 5.10 Å². The highest BCUT2D eigenvalue weighted by atomic mass is 16.2. The summed E-state index contributed by atoms with van der Waals surface area (Å²) in [5.74, 6) is -0.369. The lowest BCUT2D eigenvalue weighted by Crippen LogP contribution is -2.19. The van der Waals surface area contributed by atoms with E-state index in [1.54, 1.807) is 31.2 Å². The molecule has 0 heterocycles. The first-order valence-corrected chi connectivity index (χ1v) is 8.80. The van der Waals surface area contributed by atoms with E-state index in [1.165, 1.54) is 0 Å². The second-order valence-corrected chi connectivity index (χ2v) is 6.18. The van der Waals surface area contributed by atoms with Gasteiger partial charge in [0.15, 0.2) is 0 Å². The van der Waals surface area contributed by atoms with E-state index in [0.717, 1.165) is 22.0 Å². The maximum Gasteiger partial charge on any atom is 0.271 e. The summed E-state index contributed by atoms with van der Waals surface area (Å²) < 4.78 is 0. The standard InChI is InChI=1S/C22H21N3O2/c1-3-21(26)23-20-12-10-17(11-13-20)22(27)25-24-15(2)18-9-8-16-6-4-5-7-19(16)14-18/h4-14H,3H2,1-2H3,(H,23,26)(H,25,27)/b24-15-. The molecule has 136 valence electrons. The summed E-state index contributed by atoms with van der Waals surface area (Å²) in [5, 5.41) is 9.24. The van der Waals surface area contributed by atoms with Crippen LogP contribution in [0.25, 0.3) is 10.8 Å². The van der Waals surface area contributed by atoms with E-state index in [1.807, 2.05) is 43.3 Å². The molecule has 0 aromatic heterocycles. The fraction of sp³-hybridized carbons (Fsp3) is 0.136. The highest BCUT2D eigenvalue weighted by Gasteiger charge is 2.06. The van der Waals surface area contributed by atoms with Crippen LogP contribution in [0.15, 0.2) is 71.8 Å². The average Bonchev–Trinajstić information content (AvgIpc) is 2.71. The molecular weight excluding hydrogens is 338 g/mol. The van der Waals surface area contributed by atoms with Crippen molar-refractivity contribution in [2.45, 2.75) is 20.3 Å². The van der Waals surface area contributed by atoms with Crippen molar-refractivity contribution in [3.8, 4) is 0 Å². The van der Waals surface area contributed by atoms with Crippen LogP contribution >= 0.6 is 0 Å². The summed E-state index contributed by atoms with van der Waals surface area (Å²) in [6, 6.07) is 20.9. The molecule has 3 aromatic rings. The van der Waals surface area contributed by atoms with Crippen LogP contribution in [0, 0.1) is 0 Å². The summed E-state index contributed by atoms with van der Waals surface area (Å²) in [6.07, 6.45) is 0.408. The number of anilines is 1. The van der Waals surface area contributed by atoms with Crippen LogP contribution in [-0.2, 0) is 4.79 Å². The van der Waals surface area contributed by atoms with Gasteiger partial charge < -0.3 is 5.32 Å². The van der Waals surface area contributed by atoms with Gasteiger partial charge in [0.25, 0.3) is 5.91 Å². The van der Waals surface area contributed by atoms with Crippen LogP contribution in [0.4, 0.5) is 5.69 Å². The Morgan fingerprint density at radius 1 is 0.889 bits per heavy atom. The smallest absolute Gasteiger partial charge is 0.271 e. The minimum absolute atomic E-state index is 0.0668. The van der Waals surface area contributed by atoms with Crippen molar-refractivity contribution < 1.29 is 9.59 Å². The number of nitrogens with zero attached hydrogens (tertiary/aromatic N) is 1. The summed E-state index contributed by atoms with van der Waals surface area (Å²) in [5.41, 5.74) is 5.39. The number of carbonyl (C=O) groups is 2. The molecule has 0 aliphatic carbocycles. The van der Waals surface area contributed by atoms with E-state index < -0.39 is 0 Å². The zero-order chi connectivity index (χ0) is 19.2. The maximum atomic E-state index is 12.3. The van der Waals surface area contributed by atoms with Gasteiger partial charge in [0.2, 0.25) is 5.91 Å². The largest absolute Gasteiger partial charge is 0.326 e. The molecule has 0 aliphatic heterocycles. The first-order chi connectivity index (χ1) is 13.1. The van der Waals surface area contributed by atoms with E-state index >= 15 is 0 Å². The van der Waals surface area contributed by atoms with Gasteiger partial charge in [-0.1, -0.05) is 43.3 Å². The summed E-state index contributed by atoms with van der Waals surface area (Å²) >= 11 is 0. The first-order valence-electron chi connectivity index (χ1n) is 8.80. The highest BCUT2D eigenvalue weighted by molar-refractivity contribution is 6.03. The van der Waals surface area contributed by atoms with E-state index in [-0.39, 0.29) is 11.8 Å². The zero-order valence-corrected chi connectivity index (χ0v) is 15.3. The summed E-state index contributed by atoms with van der Waals surface area (Å²) in [6.45, 7) is 3.64. The third kappa shape index (κ3) is 4.58. The lowest BCUT2D eigenvalue weighted by Gasteiger charge is -2.06. The lowest BCUT2D eigenvalue weighted by atomic mass is 10.0. The zero-order valence-electron chi connectivity index (χ0n) is 15.3. The van der Waals surface area contributed by atoms with E-state index in [2.05, 4.69) is 21.9 Å². The third-order valence-corrected chi connectivity index (χ3v) is 4.24. The van der Waals surface area contributed by atoms with E-state index in [4.69, 9.17) is 0 Å². The Morgan fingerprint density at radius 3 is 2.26 bits per heavy atom. The highest BCUT2D eigenvalue weighted by Crippen LogP contribution is 2.16.